The number of rotatable bonds is 6. The number of anilines is 1. The second kappa shape index (κ2) is 7.92. The molecule has 0 bridgehead atoms. The monoisotopic (exact) mass is 307 g/mol. The van der Waals surface area contributed by atoms with Crippen molar-refractivity contribution in [1.29, 1.82) is 0 Å². The lowest BCUT2D eigenvalue weighted by molar-refractivity contribution is -0.160. The average molecular weight is 307 g/mol. The third-order valence-corrected chi connectivity index (χ3v) is 2.91. The molecule has 7 nitrogen and oxygen atoms in total. The van der Waals surface area contributed by atoms with Crippen molar-refractivity contribution in [3.63, 3.8) is 0 Å². The minimum absolute atomic E-state index is 0.505. The van der Waals surface area contributed by atoms with Crippen LogP contribution in [0.25, 0.3) is 0 Å². The highest BCUT2D eigenvalue weighted by Crippen LogP contribution is 2.13. The molecule has 0 saturated carbocycles. The lowest BCUT2D eigenvalue weighted by atomic mass is 9.99. The molecule has 1 rings (SSSR count). The lowest BCUT2D eigenvalue weighted by Gasteiger charge is -2.12. The molecule has 0 aliphatic rings. The van der Waals surface area contributed by atoms with Gasteiger partial charge in [-0.1, -0.05) is 17.7 Å². The Morgan fingerprint density at radius 2 is 1.64 bits per heavy atom. The highest BCUT2D eigenvalue weighted by atomic mass is 16.5. The van der Waals surface area contributed by atoms with Gasteiger partial charge in [-0.05, 0) is 19.1 Å². The van der Waals surface area contributed by atoms with Crippen LogP contribution in [0.5, 0.6) is 0 Å². The summed E-state index contributed by atoms with van der Waals surface area (Å²) in [6, 6.07) is 6.96. The van der Waals surface area contributed by atoms with Crippen LogP contribution in [0, 0.1) is 12.8 Å². The minimum Gasteiger partial charge on any atom is -0.468 e. The first kappa shape index (κ1) is 17.4. The molecule has 1 N–H and O–H groups in total. The molecule has 0 unspecified atom stereocenters. The van der Waals surface area contributed by atoms with Crippen molar-refractivity contribution in [2.75, 3.05) is 19.5 Å². The summed E-state index contributed by atoms with van der Waals surface area (Å²) in [4.78, 5) is 46.5. The number of hydrogen-bond donors (Lipinski definition) is 1. The van der Waals surface area contributed by atoms with E-state index in [1.54, 1.807) is 24.3 Å². The maximum atomic E-state index is 11.9. The third-order valence-electron chi connectivity index (χ3n) is 2.91. The number of ketones is 1. The molecule has 1 amide bonds. The zero-order valence-corrected chi connectivity index (χ0v) is 12.5. The number of carbonyl (C=O) groups is 4. The van der Waals surface area contributed by atoms with Crippen LogP contribution in [0.4, 0.5) is 5.69 Å². The van der Waals surface area contributed by atoms with E-state index in [0.717, 1.165) is 19.8 Å². The number of esters is 2. The van der Waals surface area contributed by atoms with E-state index < -0.39 is 36.0 Å². The molecule has 0 spiro atoms. The van der Waals surface area contributed by atoms with Crippen LogP contribution in [0.1, 0.15) is 12.0 Å². The molecule has 0 heterocycles. The number of nitrogens with one attached hydrogen (secondary N) is 1. The first-order valence-electron chi connectivity index (χ1n) is 6.45. The van der Waals surface area contributed by atoms with Gasteiger partial charge >= 0.3 is 11.9 Å². The zero-order chi connectivity index (χ0) is 16.7. The van der Waals surface area contributed by atoms with Crippen molar-refractivity contribution in [2.24, 2.45) is 5.92 Å². The van der Waals surface area contributed by atoms with Crippen LogP contribution in [0.3, 0.4) is 0 Å². The fourth-order valence-corrected chi connectivity index (χ4v) is 1.70. The van der Waals surface area contributed by atoms with Gasteiger partial charge in [0.15, 0.2) is 0 Å². The first-order chi connectivity index (χ1) is 10.4. The number of ether oxygens (including phenoxy) is 2. The van der Waals surface area contributed by atoms with E-state index in [-0.39, 0.29) is 0 Å². The number of aryl methyl sites for hydroxylation is 1. The maximum Gasteiger partial charge on any atom is 0.375 e. The SMILES string of the molecule is COC(=O)C(=O)[C@H](CC(=O)Nc1ccc(C)cc1)C(=O)OC. The van der Waals surface area contributed by atoms with Crippen molar-refractivity contribution in [1.82, 2.24) is 0 Å². The van der Waals surface area contributed by atoms with Gasteiger partial charge in [-0.25, -0.2) is 4.79 Å². The second-order valence-electron chi connectivity index (χ2n) is 4.55. The van der Waals surface area contributed by atoms with Crippen molar-refractivity contribution in [2.45, 2.75) is 13.3 Å². The minimum atomic E-state index is -1.53. The van der Waals surface area contributed by atoms with E-state index >= 15 is 0 Å². The number of benzene rings is 1. The number of carbonyl (C=O) groups excluding carboxylic acids is 4. The van der Waals surface area contributed by atoms with Gasteiger partial charge in [0.05, 0.1) is 14.2 Å². The highest BCUT2D eigenvalue weighted by Gasteiger charge is 2.35. The second-order valence-corrected chi connectivity index (χ2v) is 4.55. The molecule has 0 fully saturated rings. The zero-order valence-electron chi connectivity index (χ0n) is 12.5. The van der Waals surface area contributed by atoms with Crippen LogP contribution in [-0.2, 0) is 28.7 Å². The fourth-order valence-electron chi connectivity index (χ4n) is 1.70. The number of Topliss-reactive ketones (excluding diaryl/α,β-unsaturated/α-hetero) is 1. The summed E-state index contributed by atoms with van der Waals surface area (Å²) in [7, 11) is 2.08. The van der Waals surface area contributed by atoms with Gasteiger partial charge in [0.1, 0.15) is 5.92 Å². The van der Waals surface area contributed by atoms with Crippen LogP contribution >= 0.6 is 0 Å². The van der Waals surface area contributed by atoms with Crippen molar-refractivity contribution in [3.05, 3.63) is 29.8 Å². The molecule has 22 heavy (non-hydrogen) atoms. The van der Waals surface area contributed by atoms with Crippen molar-refractivity contribution >= 4 is 29.3 Å². The van der Waals surface area contributed by atoms with E-state index in [1.165, 1.54) is 0 Å². The van der Waals surface area contributed by atoms with Gasteiger partial charge in [-0.3, -0.25) is 14.4 Å². The van der Waals surface area contributed by atoms with E-state index in [1.807, 2.05) is 6.92 Å². The molecular formula is C15H17NO6. The standard InChI is InChI=1S/C15H17NO6/c1-9-4-6-10(7-5-9)16-12(17)8-11(14(19)21-2)13(18)15(20)22-3/h4-7,11H,8H2,1-3H3,(H,16,17)/t11-/m0/s1. The molecule has 0 saturated heterocycles. The predicted octanol–water partition coefficient (Wildman–Crippen LogP) is 0.855. The molecule has 118 valence electrons. The van der Waals surface area contributed by atoms with Gasteiger partial charge in [0.25, 0.3) is 5.78 Å². The first-order valence-corrected chi connectivity index (χ1v) is 6.45. The number of hydrogen-bond acceptors (Lipinski definition) is 6. The van der Waals surface area contributed by atoms with E-state index in [2.05, 4.69) is 14.8 Å². The molecular weight excluding hydrogens is 290 g/mol. The smallest absolute Gasteiger partial charge is 0.375 e. The van der Waals surface area contributed by atoms with Gasteiger partial charge in [0.2, 0.25) is 5.91 Å². The Morgan fingerprint density at radius 1 is 1.05 bits per heavy atom. The van der Waals surface area contributed by atoms with Crippen LogP contribution in [-0.4, -0.2) is 37.8 Å². The molecule has 7 heteroatoms. The normalized spacial score (nSPS) is 11.2. The molecule has 0 radical (unpaired) electrons. The predicted molar refractivity (Wildman–Crippen MR) is 77.0 cm³/mol. The van der Waals surface area contributed by atoms with E-state index in [4.69, 9.17) is 0 Å². The van der Waals surface area contributed by atoms with Crippen molar-refractivity contribution < 1.29 is 28.7 Å². The topological polar surface area (TPSA) is 98.8 Å². The van der Waals surface area contributed by atoms with Gasteiger partial charge in [-0.15, -0.1) is 0 Å². The summed E-state index contributed by atoms with van der Waals surface area (Å²) in [6.07, 6.45) is -0.505. The molecule has 0 aliphatic heterocycles. The summed E-state index contributed by atoms with van der Waals surface area (Å²) in [5, 5.41) is 2.54. The Hall–Kier alpha value is -2.70. The Labute approximate surface area is 127 Å². The quantitative estimate of drug-likeness (QED) is 0.475. The summed E-state index contributed by atoms with van der Waals surface area (Å²) in [5.74, 6) is -5.39. The fraction of sp³-hybridized carbons (Fsp3) is 0.333. The Bertz CT molecular complexity index is 578. The average Bonchev–Trinajstić information content (AvgIpc) is 2.52. The van der Waals surface area contributed by atoms with Crippen LogP contribution < -0.4 is 5.32 Å². The Morgan fingerprint density at radius 3 is 2.14 bits per heavy atom. The Kier molecular flexibility index (Phi) is 6.25. The van der Waals surface area contributed by atoms with Gasteiger partial charge < -0.3 is 14.8 Å². The molecule has 1 aromatic carbocycles. The summed E-state index contributed by atoms with van der Waals surface area (Å²) in [5.41, 5.74) is 1.54. The van der Waals surface area contributed by atoms with Crippen LogP contribution in [0.15, 0.2) is 24.3 Å². The molecule has 1 atom stereocenters. The van der Waals surface area contributed by atoms with Crippen LogP contribution in [0.2, 0.25) is 0 Å². The highest BCUT2D eigenvalue weighted by molar-refractivity contribution is 6.38. The van der Waals surface area contributed by atoms with Crippen molar-refractivity contribution in [3.8, 4) is 0 Å². The largest absolute Gasteiger partial charge is 0.468 e. The molecule has 1 aromatic rings. The van der Waals surface area contributed by atoms with E-state index in [0.29, 0.717) is 5.69 Å². The number of methoxy groups -OCH3 is 2. The maximum absolute atomic E-state index is 11.9. The summed E-state index contributed by atoms with van der Waals surface area (Å²) in [6.45, 7) is 1.90. The molecule has 0 aromatic heterocycles. The summed E-state index contributed by atoms with van der Waals surface area (Å²) >= 11 is 0. The van der Waals surface area contributed by atoms with E-state index in [9.17, 15) is 19.2 Å². The van der Waals surface area contributed by atoms with Gasteiger partial charge in [0, 0.05) is 12.1 Å². The lowest BCUT2D eigenvalue weighted by Crippen LogP contribution is -2.34. The molecule has 0 aliphatic carbocycles. The van der Waals surface area contributed by atoms with Gasteiger partial charge in [-0.2, -0.15) is 0 Å². The third kappa shape index (κ3) is 4.69. The number of amides is 1. The Balaban J connectivity index is 2.78. The summed E-state index contributed by atoms with van der Waals surface area (Å²) < 4.78 is 8.72.